The van der Waals surface area contributed by atoms with Gasteiger partial charge in [-0.25, -0.2) is 4.79 Å². The molecule has 2 rings (SSSR count). The Morgan fingerprint density at radius 3 is 2.73 bits per heavy atom. The lowest BCUT2D eigenvalue weighted by atomic mass is 10.2. The van der Waals surface area contributed by atoms with Crippen LogP contribution >= 0.6 is 23.2 Å². The minimum absolute atomic E-state index is 0.0519. The third-order valence-electron chi connectivity index (χ3n) is 3.26. The standard InChI is InChI=1S/C15H20Cl2N2O3/c1-10-8-19(9-11(2)22-10)15(20)18-6-7-21-13-5-3-4-12(16)14(13)17/h3-5,10-11H,6-9H2,1-2H3,(H,18,20). The largest absolute Gasteiger partial charge is 0.490 e. The second-order valence-electron chi connectivity index (χ2n) is 5.29. The van der Waals surface area contributed by atoms with Gasteiger partial charge in [0.05, 0.1) is 23.8 Å². The van der Waals surface area contributed by atoms with E-state index < -0.39 is 0 Å². The summed E-state index contributed by atoms with van der Waals surface area (Å²) in [6, 6.07) is 5.09. The number of amides is 2. The number of morpholine rings is 1. The summed E-state index contributed by atoms with van der Waals surface area (Å²) in [6.07, 6.45) is 0.104. The number of benzene rings is 1. The first-order valence-electron chi connectivity index (χ1n) is 7.22. The molecule has 0 spiro atoms. The van der Waals surface area contributed by atoms with Crippen molar-refractivity contribution >= 4 is 29.2 Å². The van der Waals surface area contributed by atoms with Crippen LogP contribution in [0.25, 0.3) is 0 Å². The van der Waals surface area contributed by atoms with Gasteiger partial charge in [0.15, 0.2) is 0 Å². The van der Waals surface area contributed by atoms with Crippen LogP contribution in [0.2, 0.25) is 10.0 Å². The summed E-state index contributed by atoms with van der Waals surface area (Å²) in [5.74, 6) is 0.511. The molecule has 1 fully saturated rings. The highest BCUT2D eigenvalue weighted by molar-refractivity contribution is 6.42. The Bertz CT molecular complexity index is 518. The van der Waals surface area contributed by atoms with Crippen molar-refractivity contribution in [1.29, 1.82) is 0 Å². The fraction of sp³-hybridized carbons (Fsp3) is 0.533. The molecule has 22 heavy (non-hydrogen) atoms. The van der Waals surface area contributed by atoms with E-state index in [9.17, 15) is 4.79 Å². The molecule has 1 N–H and O–H groups in total. The van der Waals surface area contributed by atoms with Crippen LogP contribution in [-0.4, -0.2) is 49.4 Å². The summed E-state index contributed by atoms with van der Waals surface area (Å²) < 4.78 is 11.1. The number of ether oxygens (including phenoxy) is 2. The second kappa shape index (κ2) is 7.90. The maximum atomic E-state index is 12.1. The molecule has 1 saturated heterocycles. The van der Waals surface area contributed by atoms with E-state index >= 15 is 0 Å². The van der Waals surface area contributed by atoms with Gasteiger partial charge in [0.2, 0.25) is 0 Å². The van der Waals surface area contributed by atoms with Crippen LogP contribution in [0.4, 0.5) is 4.79 Å². The number of urea groups is 1. The lowest BCUT2D eigenvalue weighted by molar-refractivity contribution is -0.0545. The van der Waals surface area contributed by atoms with Gasteiger partial charge in [-0.3, -0.25) is 0 Å². The second-order valence-corrected chi connectivity index (χ2v) is 6.08. The van der Waals surface area contributed by atoms with Gasteiger partial charge < -0.3 is 19.7 Å². The lowest BCUT2D eigenvalue weighted by Gasteiger charge is -2.35. The average molecular weight is 347 g/mol. The Morgan fingerprint density at radius 2 is 2.05 bits per heavy atom. The Balaban J connectivity index is 1.74. The van der Waals surface area contributed by atoms with E-state index in [-0.39, 0.29) is 18.2 Å². The Morgan fingerprint density at radius 1 is 1.36 bits per heavy atom. The predicted octanol–water partition coefficient (Wildman–Crippen LogP) is 3.19. The number of nitrogens with zero attached hydrogens (tertiary/aromatic N) is 1. The van der Waals surface area contributed by atoms with Gasteiger partial charge >= 0.3 is 6.03 Å². The highest BCUT2D eigenvalue weighted by atomic mass is 35.5. The third-order valence-corrected chi connectivity index (χ3v) is 4.06. The lowest BCUT2D eigenvalue weighted by Crippen LogP contribution is -2.52. The van der Waals surface area contributed by atoms with Crippen molar-refractivity contribution in [3.05, 3.63) is 28.2 Å². The monoisotopic (exact) mass is 346 g/mol. The van der Waals surface area contributed by atoms with Gasteiger partial charge in [-0.2, -0.15) is 0 Å². The molecule has 7 heteroatoms. The molecular formula is C15H20Cl2N2O3. The van der Waals surface area contributed by atoms with Gasteiger partial charge in [0.25, 0.3) is 0 Å². The molecule has 0 radical (unpaired) electrons. The molecule has 2 atom stereocenters. The van der Waals surface area contributed by atoms with Crippen molar-refractivity contribution in [2.24, 2.45) is 0 Å². The SMILES string of the molecule is CC1CN(C(=O)NCCOc2cccc(Cl)c2Cl)CC(C)O1. The van der Waals surface area contributed by atoms with E-state index in [1.165, 1.54) is 0 Å². The first-order valence-corrected chi connectivity index (χ1v) is 7.98. The minimum atomic E-state index is -0.109. The topological polar surface area (TPSA) is 50.8 Å². The molecule has 2 unspecified atom stereocenters. The van der Waals surface area contributed by atoms with Crippen molar-refractivity contribution in [3.63, 3.8) is 0 Å². The number of halogens is 2. The smallest absolute Gasteiger partial charge is 0.317 e. The zero-order valence-corrected chi connectivity index (χ0v) is 14.2. The van der Waals surface area contributed by atoms with Crippen molar-refractivity contribution in [1.82, 2.24) is 10.2 Å². The first-order chi connectivity index (χ1) is 10.5. The van der Waals surface area contributed by atoms with Crippen LogP contribution in [0.1, 0.15) is 13.8 Å². The summed E-state index contributed by atoms with van der Waals surface area (Å²) in [7, 11) is 0. The average Bonchev–Trinajstić information content (AvgIpc) is 2.46. The number of hydrogen-bond acceptors (Lipinski definition) is 3. The van der Waals surface area contributed by atoms with Gasteiger partial charge in [0.1, 0.15) is 17.4 Å². The zero-order chi connectivity index (χ0) is 16.1. The molecule has 5 nitrogen and oxygen atoms in total. The highest BCUT2D eigenvalue weighted by Crippen LogP contribution is 2.31. The van der Waals surface area contributed by atoms with E-state index in [0.717, 1.165) is 0 Å². The molecular weight excluding hydrogens is 327 g/mol. The summed E-state index contributed by atoms with van der Waals surface area (Å²) in [5, 5.41) is 3.65. The van der Waals surface area contributed by atoms with Crippen LogP contribution in [0.3, 0.4) is 0 Å². The first kappa shape index (κ1) is 17.2. The van der Waals surface area contributed by atoms with Gasteiger partial charge in [0, 0.05) is 13.1 Å². The molecule has 0 saturated carbocycles. The van der Waals surface area contributed by atoms with E-state index in [1.807, 2.05) is 13.8 Å². The summed E-state index contributed by atoms with van der Waals surface area (Å²) >= 11 is 11.9. The highest BCUT2D eigenvalue weighted by Gasteiger charge is 2.25. The maximum absolute atomic E-state index is 12.1. The van der Waals surface area contributed by atoms with Gasteiger partial charge in [-0.15, -0.1) is 0 Å². The van der Waals surface area contributed by atoms with E-state index in [0.29, 0.717) is 42.0 Å². The molecule has 1 aromatic carbocycles. The fourth-order valence-corrected chi connectivity index (χ4v) is 2.72. The van der Waals surface area contributed by atoms with Crippen LogP contribution in [-0.2, 0) is 4.74 Å². The molecule has 2 amide bonds. The molecule has 1 aliphatic rings. The van der Waals surface area contributed by atoms with Crippen molar-refractivity contribution in [2.45, 2.75) is 26.1 Å². The normalized spacial score (nSPS) is 21.5. The number of nitrogens with one attached hydrogen (secondary N) is 1. The molecule has 0 bridgehead atoms. The minimum Gasteiger partial charge on any atom is -0.490 e. The van der Waals surface area contributed by atoms with Crippen molar-refractivity contribution in [3.8, 4) is 5.75 Å². The van der Waals surface area contributed by atoms with E-state index in [1.54, 1.807) is 23.1 Å². The Kier molecular flexibility index (Phi) is 6.17. The molecule has 0 aliphatic carbocycles. The Hall–Kier alpha value is -1.17. The number of carbonyl (C=O) groups excluding carboxylic acids is 1. The quantitative estimate of drug-likeness (QED) is 0.851. The summed E-state index contributed by atoms with van der Waals surface area (Å²) in [4.78, 5) is 13.8. The molecule has 122 valence electrons. The van der Waals surface area contributed by atoms with Crippen LogP contribution in [0.15, 0.2) is 18.2 Å². The Labute approximate surface area is 140 Å². The number of carbonyl (C=O) groups is 1. The molecule has 0 aromatic heterocycles. The van der Waals surface area contributed by atoms with Crippen LogP contribution in [0.5, 0.6) is 5.75 Å². The zero-order valence-electron chi connectivity index (χ0n) is 12.6. The van der Waals surface area contributed by atoms with Gasteiger partial charge in [-0.05, 0) is 26.0 Å². The maximum Gasteiger partial charge on any atom is 0.317 e. The third kappa shape index (κ3) is 4.66. The van der Waals surface area contributed by atoms with Gasteiger partial charge in [-0.1, -0.05) is 29.3 Å². The van der Waals surface area contributed by atoms with Crippen LogP contribution < -0.4 is 10.1 Å². The number of rotatable bonds is 4. The summed E-state index contributed by atoms with van der Waals surface area (Å²) in [5.41, 5.74) is 0. The molecule has 1 heterocycles. The fourth-order valence-electron chi connectivity index (χ4n) is 2.37. The van der Waals surface area contributed by atoms with E-state index in [2.05, 4.69) is 5.32 Å². The molecule has 1 aliphatic heterocycles. The predicted molar refractivity (Wildman–Crippen MR) is 86.9 cm³/mol. The molecule has 1 aromatic rings. The van der Waals surface area contributed by atoms with Crippen molar-refractivity contribution < 1.29 is 14.3 Å². The van der Waals surface area contributed by atoms with Crippen LogP contribution in [0, 0.1) is 0 Å². The van der Waals surface area contributed by atoms with E-state index in [4.69, 9.17) is 32.7 Å². The van der Waals surface area contributed by atoms with Crippen molar-refractivity contribution in [2.75, 3.05) is 26.2 Å². The number of hydrogen-bond donors (Lipinski definition) is 1. The summed E-state index contributed by atoms with van der Waals surface area (Å²) in [6.45, 7) is 5.82.